The number of anilines is 2. The van der Waals surface area contributed by atoms with Crippen molar-refractivity contribution in [2.75, 3.05) is 30.6 Å². The van der Waals surface area contributed by atoms with Crippen LogP contribution in [-0.2, 0) is 14.3 Å². The number of esters is 1. The monoisotopic (exact) mass is 424 g/mol. The van der Waals surface area contributed by atoms with Crippen molar-refractivity contribution in [2.45, 2.75) is 12.1 Å². The molecule has 28 heavy (non-hydrogen) atoms. The van der Waals surface area contributed by atoms with E-state index >= 15 is 0 Å². The SMILES string of the molecule is COc1ccc(NC(C)=O)cc1NC(=O)COC(=O)c1nc(SC)ncc1Cl. The zero-order chi connectivity index (χ0) is 20.7. The van der Waals surface area contributed by atoms with Crippen LogP contribution >= 0.6 is 23.4 Å². The fraction of sp³-hybridized carbons (Fsp3) is 0.235. The lowest BCUT2D eigenvalue weighted by Crippen LogP contribution is -2.22. The van der Waals surface area contributed by atoms with E-state index in [1.54, 1.807) is 18.4 Å². The summed E-state index contributed by atoms with van der Waals surface area (Å²) in [5.41, 5.74) is 0.650. The summed E-state index contributed by atoms with van der Waals surface area (Å²) in [5.74, 6) is -1.35. The summed E-state index contributed by atoms with van der Waals surface area (Å²) < 4.78 is 10.1. The van der Waals surface area contributed by atoms with E-state index in [0.29, 0.717) is 22.3 Å². The summed E-state index contributed by atoms with van der Waals surface area (Å²) in [7, 11) is 1.43. The summed E-state index contributed by atoms with van der Waals surface area (Å²) in [6.07, 6.45) is 3.03. The summed E-state index contributed by atoms with van der Waals surface area (Å²) >= 11 is 7.14. The van der Waals surface area contributed by atoms with Gasteiger partial charge in [0.2, 0.25) is 5.91 Å². The summed E-state index contributed by atoms with van der Waals surface area (Å²) in [6, 6.07) is 4.72. The van der Waals surface area contributed by atoms with Gasteiger partial charge in [0.15, 0.2) is 17.5 Å². The second-order valence-electron chi connectivity index (χ2n) is 5.27. The van der Waals surface area contributed by atoms with E-state index in [1.165, 1.54) is 38.1 Å². The minimum Gasteiger partial charge on any atom is -0.495 e. The van der Waals surface area contributed by atoms with Gasteiger partial charge in [-0.15, -0.1) is 0 Å². The van der Waals surface area contributed by atoms with Crippen LogP contribution in [0.5, 0.6) is 5.75 Å². The van der Waals surface area contributed by atoms with Gasteiger partial charge >= 0.3 is 5.97 Å². The Bertz CT molecular complexity index is 909. The molecule has 0 fully saturated rings. The van der Waals surface area contributed by atoms with Gasteiger partial charge in [0.1, 0.15) is 5.75 Å². The second-order valence-corrected chi connectivity index (χ2v) is 6.45. The van der Waals surface area contributed by atoms with Crippen molar-refractivity contribution in [3.8, 4) is 5.75 Å². The van der Waals surface area contributed by atoms with Gasteiger partial charge in [-0.1, -0.05) is 23.4 Å². The van der Waals surface area contributed by atoms with E-state index in [4.69, 9.17) is 21.1 Å². The minimum absolute atomic E-state index is 0.0212. The summed E-state index contributed by atoms with van der Waals surface area (Å²) in [5, 5.41) is 5.52. The highest BCUT2D eigenvalue weighted by atomic mass is 35.5. The Balaban J connectivity index is 2.04. The first-order valence-corrected chi connectivity index (χ1v) is 9.43. The number of carbonyl (C=O) groups excluding carboxylic acids is 3. The Hall–Kier alpha value is -2.85. The molecule has 11 heteroatoms. The van der Waals surface area contributed by atoms with Gasteiger partial charge < -0.3 is 20.1 Å². The predicted octanol–water partition coefficient (Wildman–Crippen LogP) is 2.61. The lowest BCUT2D eigenvalue weighted by molar-refractivity contribution is -0.119. The molecule has 1 heterocycles. The minimum atomic E-state index is -0.850. The number of thioether (sulfide) groups is 1. The third kappa shape index (κ3) is 5.83. The highest BCUT2D eigenvalue weighted by Gasteiger charge is 2.18. The first-order valence-electron chi connectivity index (χ1n) is 7.83. The molecule has 2 rings (SSSR count). The molecular weight excluding hydrogens is 408 g/mol. The molecule has 148 valence electrons. The van der Waals surface area contributed by atoms with Crippen molar-refractivity contribution in [1.82, 2.24) is 9.97 Å². The van der Waals surface area contributed by atoms with Crippen LogP contribution in [0.25, 0.3) is 0 Å². The predicted molar refractivity (Wildman–Crippen MR) is 105 cm³/mol. The van der Waals surface area contributed by atoms with Crippen LogP contribution in [0.1, 0.15) is 17.4 Å². The van der Waals surface area contributed by atoms with Gasteiger partial charge in [0.05, 0.1) is 24.0 Å². The molecule has 9 nitrogen and oxygen atoms in total. The number of methoxy groups -OCH3 is 1. The molecule has 0 unspecified atom stereocenters. The van der Waals surface area contributed by atoms with E-state index in [-0.39, 0.29) is 16.6 Å². The first-order chi connectivity index (χ1) is 13.3. The van der Waals surface area contributed by atoms with Crippen LogP contribution in [0.3, 0.4) is 0 Å². The average molecular weight is 425 g/mol. The largest absolute Gasteiger partial charge is 0.495 e. The maximum absolute atomic E-state index is 12.2. The van der Waals surface area contributed by atoms with Crippen LogP contribution in [-0.4, -0.2) is 47.7 Å². The molecule has 2 N–H and O–H groups in total. The second kappa shape index (κ2) is 9.90. The molecule has 0 spiro atoms. The van der Waals surface area contributed by atoms with Crippen molar-refractivity contribution in [3.63, 3.8) is 0 Å². The fourth-order valence-corrected chi connectivity index (χ4v) is 2.57. The number of ether oxygens (including phenoxy) is 2. The standard InChI is InChI=1S/C17H17ClN4O5S/c1-9(23)20-10-4-5-13(26-2)12(6-10)21-14(24)8-27-16(25)15-11(18)7-19-17(22-15)28-3/h4-7H,8H2,1-3H3,(H,20,23)(H,21,24). The molecular formula is C17H17ClN4O5S. The van der Waals surface area contributed by atoms with Crippen LogP contribution in [0.4, 0.5) is 11.4 Å². The van der Waals surface area contributed by atoms with Crippen LogP contribution < -0.4 is 15.4 Å². The number of hydrogen-bond donors (Lipinski definition) is 2. The fourth-order valence-electron chi connectivity index (χ4n) is 2.06. The van der Waals surface area contributed by atoms with Crippen LogP contribution in [0, 0.1) is 0 Å². The molecule has 0 radical (unpaired) electrons. The number of rotatable bonds is 7. The molecule has 0 aliphatic heterocycles. The Kier molecular flexibility index (Phi) is 7.59. The number of nitrogens with zero attached hydrogens (tertiary/aromatic N) is 2. The van der Waals surface area contributed by atoms with Gasteiger partial charge in [-0.2, -0.15) is 0 Å². The number of aromatic nitrogens is 2. The quantitative estimate of drug-likeness (QED) is 0.395. The molecule has 0 aliphatic rings. The van der Waals surface area contributed by atoms with E-state index in [1.807, 2.05) is 0 Å². The smallest absolute Gasteiger partial charge is 0.359 e. The number of carbonyl (C=O) groups is 3. The Morgan fingerprint density at radius 1 is 1.25 bits per heavy atom. The van der Waals surface area contributed by atoms with Crippen molar-refractivity contribution < 1.29 is 23.9 Å². The van der Waals surface area contributed by atoms with Crippen molar-refractivity contribution in [2.24, 2.45) is 0 Å². The normalized spacial score (nSPS) is 10.1. The summed E-state index contributed by atoms with van der Waals surface area (Å²) in [4.78, 5) is 43.4. The van der Waals surface area contributed by atoms with Crippen molar-refractivity contribution in [3.05, 3.63) is 35.1 Å². The number of hydrogen-bond acceptors (Lipinski definition) is 8. The average Bonchev–Trinajstić information content (AvgIpc) is 2.66. The first kappa shape index (κ1) is 21.5. The molecule has 0 aliphatic carbocycles. The molecule has 0 saturated heterocycles. The maximum Gasteiger partial charge on any atom is 0.359 e. The van der Waals surface area contributed by atoms with Gasteiger partial charge in [-0.3, -0.25) is 9.59 Å². The molecule has 2 aromatic rings. The van der Waals surface area contributed by atoms with Crippen LogP contribution in [0.2, 0.25) is 5.02 Å². The van der Waals surface area contributed by atoms with Crippen LogP contribution in [0.15, 0.2) is 29.6 Å². The lowest BCUT2D eigenvalue weighted by Gasteiger charge is -2.12. The number of amides is 2. The van der Waals surface area contributed by atoms with E-state index in [0.717, 1.165) is 0 Å². The molecule has 2 amide bonds. The Morgan fingerprint density at radius 2 is 2.00 bits per heavy atom. The van der Waals surface area contributed by atoms with Gasteiger partial charge in [-0.05, 0) is 24.5 Å². The highest BCUT2D eigenvalue weighted by molar-refractivity contribution is 7.98. The van der Waals surface area contributed by atoms with Gasteiger partial charge in [-0.25, -0.2) is 14.8 Å². The highest BCUT2D eigenvalue weighted by Crippen LogP contribution is 2.28. The van der Waals surface area contributed by atoms with E-state index < -0.39 is 18.5 Å². The van der Waals surface area contributed by atoms with E-state index in [9.17, 15) is 14.4 Å². The third-order valence-electron chi connectivity index (χ3n) is 3.23. The molecule has 1 aromatic heterocycles. The lowest BCUT2D eigenvalue weighted by atomic mass is 10.2. The van der Waals surface area contributed by atoms with E-state index in [2.05, 4.69) is 20.6 Å². The Labute approximate surface area is 170 Å². The molecule has 0 atom stereocenters. The zero-order valence-corrected chi connectivity index (χ0v) is 16.8. The van der Waals surface area contributed by atoms with Gasteiger partial charge in [0, 0.05) is 12.6 Å². The number of halogens is 1. The molecule has 1 aromatic carbocycles. The van der Waals surface area contributed by atoms with Crippen molar-refractivity contribution >= 4 is 52.5 Å². The topological polar surface area (TPSA) is 120 Å². The zero-order valence-electron chi connectivity index (χ0n) is 15.2. The number of nitrogens with one attached hydrogen (secondary N) is 2. The van der Waals surface area contributed by atoms with Gasteiger partial charge in [0.25, 0.3) is 5.91 Å². The third-order valence-corrected chi connectivity index (χ3v) is 4.06. The molecule has 0 bridgehead atoms. The Morgan fingerprint density at radius 3 is 2.64 bits per heavy atom. The summed E-state index contributed by atoms with van der Waals surface area (Å²) in [6.45, 7) is 0.796. The number of benzene rings is 1. The maximum atomic E-state index is 12.2. The molecule has 0 saturated carbocycles. The van der Waals surface area contributed by atoms with Crippen molar-refractivity contribution in [1.29, 1.82) is 0 Å².